The van der Waals surface area contributed by atoms with Crippen molar-refractivity contribution >= 4 is 0 Å². The molecule has 12 heavy (non-hydrogen) atoms. The molecule has 0 N–H and O–H groups in total. The van der Waals surface area contributed by atoms with Crippen molar-refractivity contribution in [1.29, 1.82) is 0 Å². The molecule has 0 amide bonds. The molecule has 1 heterocycles. The second kappa shape index (κ2) is 4.33. The van der Waals surface area contributed by atoms with E-state index in [0.29, 0.717) is 6.04 Å². The van der Waals surface area contributed by atoms with E-state index in [1.165, 1.54) is 0 Å². The second-order valence-electron chi connectivity index (χ2n) is 3.57. The molecule has 0 saturated carbocycles. The van der Waals surface area contributed by atoms with Crippen LogP contribution < -0.4 is 0 Å². The molecular weight excluding hydrogens is 152 g/mol. The third-order valence-electron chi connectivity index (χ3n) is 2.44. The van der Waals surface area contributed by atoms with Gasteiger partial charge in [0, 0.05) is 17.0 Å². The van der Waals surface area contributed by atoms with E-state index in [1.54, 1.807) is 0 Å². The standard InChI is InChI=1S/C8H16N4/c1-7(2)12-5-3-8(4-6-12)10-11-9/h7-8H,3-6H2,1-2H3. The fraction of sp³-hybridized carbons (Fsp3) is 1.00. The first-order valence-corrected chi connectivity index (χ1v) is 4.52. The summed E-state index contributed by atoms with van der Waals surface area (Å²) in [5.74, 6) is 0. The van der Waals surface area contributed by atoms with E-state index in [2.05, 4.69) is 28.8 Å². The van der Waals surface area contributed by atoms with Crippen molar-refractivity contribution in [2.45, 2.75) is 38.8 Å². The Morgan fingerprint density at radius 2 is 2.00 bits per heavy atom. The number of likely N-dealkylation sites (tertiary alicyclic amines) is 1. The van der Waals surface area contributed by atoms with Gasteiger partial charge in [-0.25, -0.2) is 0 Å². The molecule has 1 saturated heterocycles. The first-order chi connectivity index (χ1) is 5.74. The summed E-state index contributed by atoms with van der Waals surface area (Å²) in [6.07, 6.45) is 2.03. The summed E-state index contributed by atoms with van der Waals surface area (Å²) in [6, 6.07) is 0.863. The summed E-state index contributed by atoms with van der Waals surface area (Å²) in [5, 5.41) is 3.73. The summed E-state index contributed by atoms with van der Waals surface area (Å²) < 4.78 is 0. The molecule has 0 radical (unpaired) electrons. The van der Waals surface area contributed by atoms with E-state index >= 15 is 0 Å². The van der Waals surface area contributed by atoms with Crippen LogP contribution in [0.1, 0.15) is 26.7 Å². The van der Waals surface area contributed by atoms with Gasteiger partial charge in [0.1, 0.15) is 0 Å². The minimum absolute atomic E-state index is 0.241. The van der Waals surface area contributed by atoms with Gasteiger partial charge in [0.15, 0.2) is 0 Å². The molecule has 4 nitrogen and oxygen atoms in total. The van der Waals surface area contributed by atoms with Gasteiger partial charge in [-0.15, -0.1) is 0 Å². The maximum atomic E-state index is 8.24. The fourth-order valence-corrected chi connectivity index (χ4v) is 1.59. The Morgan fingerprint density at radius 1 is 1.42 bits per heavy atom. The monoisotopic (exact) mass is 168 g/mol. The van der Waals surface area contributed by atoms with Gasteiger partial charge >= 0.3 is 0 Å². The Labute approximate surface area is 73.2 Å². The van der Waals surface area contributed by atoms with Crippen LogP contribution in [0, 0.1) is 0 Å². The van der Waals surface area contributed by atoms with E-state index < -0.39 is 0 Å². The summed E-state index contributed by atoms with van der Waals surface area (Å²) in [7, 11) is 0. The first kappa shape index (κ1) is 9.36. The molecule has 0 aromatic carbocycles. The molecule has 0 aliphatic carbocycles. The van der Waals surface area contributed by atoms with Gasteiger partial charge in [0.2, 0.25) is 0 Å². The first-order valence-electron chi connectivity index (χ1n) is 4.52. The quantitative estimate of drug-likeness (QED) is 0.354. The zero-order chi connectivity index (χ0) is 8.97. The van der Waals surface area contributed by atoms with Crippen molar-refractivity contribution in [2.24, 2.45) is 5.11 Å². The van der Waals surface area contributed by atoms with Crippen LogP contribution in [-0.4, -0.2) is 30.1 Å². The summed E-state index contributed by atoms with van der Waals surface area (Å²) >= 11 is 0. The van der Waals surface area contributed by atoms with Gasteiger partial charge in [-0.3, -0.25) is 0 Å². The molecule has 1 aliphatic rings. The van der Waals surface area contributed by atoms with Crippen molar-refractivity contribution in [1.82, 2.24) is 4.90 Å². The third kappa shape index (κ3) is 2.40. The van der Waals surface area contributed by atoms with Crippen LogP contribution in [0.3, 0.4) is 0 Å². The van der Waals surface area contributed by atoms with Crippen LogP contribution >= 0.6 is 0 Å². The molecule has 0 unspecified atom stereocenters. The molecule has 4 heteroatoms. The molecule has 1 fully saturated rings. The maximum Gasteiger partial charge on any atom is 0.0398 e. The van der Waals surface area contributed by atoms with Crippen molar-refractivity contribution < 1.29 is 0 Å². The van der Waals surface area contributed by atoms with Crippen LogP contribution in [0.25, 0.3) is 10.4 Å². The van der Waals surface area contributed by atoms with Gasteiger partial charge in [0.25, 0.3) is 0 Å². The zero-order valence-electron chi connectivity index (χ0n) is 7.77. The highest BCUT2D eigenvalue weighted by molar-refractivity contribution is 4.78. The number of rotatable bonds is 2. The third-order valence-corrected chi connectivity index (χ3v) is 2.44. The topological polar surface area (TPSA) is 52.0 Å². The fourth-order valence-electron chi connectivity index (χ4n) is 1.59. The largest absolute Gasteiger partial charge is 0.301 e. The SMILES string of the molecule is CC(C)N1CCC(N=[N+]=[N-])CC1. The molecule has 0 bridgehead atoms. The molecular formula is C8H16N4. The number of azide groups is 1. The Bertz CT molecular complexity index is 175. The lowest BCUT2D eigenvalue weighted by Gasteiger charge is -2.32. The highest BCUT2D eigenvalue weighted by Gasteiger charge is 2.19. The molecule has 1 rings (SSSR count). The predicted molar refractivity (Wildman–Crippen MR) is 48.9 cm³/mol. The van der Waals surface area contributed by atoms with Crippen LogP contribution in [0.15, 0.2) is 5.11 Å². The highest BCUT2D eigenvalue weighted by Crippen LogP contribution is 2.15. The van der Waals surface area contributed by atoms with Gasteiger partial charge in [-0.1, -0.05) is 5.11 Å². The lowest BCUT2D eigenvalue weighted by molar-refractivity contribution is 0.173. The summed E-state index contributed by atoms with van der Waals surface area (Å²) in [6.45, 7) is 6.55. The molecule has 1 aliphatic heterocycles. The summed E-state index contributed by atoms with van der Waals surface area (Å²) in [4.78, 5) is 5.26. The van der Waals surface area contributed by atoms with Crippen LogP contribution in [0.5, 0.6) is 0 Å². The lowest BCUT2D eigenvalue weighted by atomic mass is 10.0. The number of hydrogen-bond donors (Lipinski definition) is 0. The lowest BCUT2D eigenvalue weighted by Crippen LogP contribution is -2.39. The second-order valence-corrected chi connectivity index (χ2v) is 3.57. The van der Waals surface area contributed by atoms with Crippen molar-refractivity contribution in [3.63, 3.8) is 0 Å². The average molecular weight is 168 g/mol. The number of hydrogen-bond acceptors (Lipinski definition) is 2. The van der Waals surface area contributed by atoms with E-state index in [-0.39, 0.29) is 6.04 Å². The van der Waals surface area contributed by atoms with Crippen LogP contribution in [-0.2, 0) is 0 Å². The normalized spacial score (nSPS) is 20.9. The molecule has 0 aromatic rings. The highest BCUT2D eigenvalue weighted by atomic mass is 15.2. The zero-order valence-corrected chi connectivity index (χ0v) is 7.77. The molecule has 68 valence electrons. The van der Waals surface area contributed by atoms with Crippen molar-refractivity contribution in [2.75, 3.05) is 13.1 Å². The minimum Gasteiger partial charge on any atom is -0.301 e. The molecule has 0 atom stereocenters. The average Bonchev–Trinajstić information content (AvgIpc) is 2.06. The van der Waals surface area contributed by atoms with E-state index in [4.69, 9.17) is 5.53 Å². The predicted octanol–water partition coefficient (Wildman–Crippen LogP) is 2.17. The summed E-state index contributed by atoms with van der Waals surface area (Å²) in [5.41, 5.74) is 8.24. The van der Waals surface area contributed by atoms with Crippen molar-refractivity contribution in [3.8, 4) is 0 Å². The number of piperidine rings is 1. The minimum atomic E-state index is 0.241. The Morgan fingerprint density at radius 3 is 2.42 bits per heavy atom. The van der Waals surface area contributed by atoms with E-state index in [1.807, 2.05) is 0 Å². The van der Waals surface area contributed by atoms with E-state index in [0.717, 1.165) is 25.9 Å². The van der Waals surface area contributed by atoms with Crippen LogP contribution in [0.4, 0.5) is 0 Å². The Hall–Kier alpha value is -0.730. The smallest absolute Gasteiger partial charge is 0.0398 e. The van der Waals surface area contributed by atoms with Crippen molar-refractivity contribution in [3.05, 3.63) is 10.4 Å². The Balaban J connectivity index is 2.34. The van der Waals surface area contributed by atoms with Gasteiger partial charge < -0.3 is 4.90 Å². The van der Waals surface area contributed by atoms with E-state index in [9.17, 15) is 0 Å². The molecule has 0 spiro atoms. The van der Waals surface area contributed by atoms with Crippen LogP contribution in [0.2, 0.25) is 0 Å². The Kier molecular flexibility index (Phi) is 3.38. The van der Waals surface area contributed by atoms with Gasteiger partial charge in [0.05, 0.1) is 0 Å². The molecule has 0 aromatic heterocycles. The maximum absolute atomic E-state index is 8.24. The number of nitrogens with zero attached hydrogens (tertiary/aromatic N) is 4. The van der Waals surface area contributed by atoms with Gasteiger partial charge in [-0.2, -0.15) is 0 Å². The van der Waals surface area contributed by atoms with Gasteiger partial charge in [-0.05, 0) is 45.3 Å².